The number of rotatable bonds is 0. The SMILES string of the molecule is CC(C)(C)C1=CC2=C3CCC(=O)C3=C3C=C(C(C)(C)C)C=C4C=CC(=C1)[C@]2(C)[C@@]43C. The van der Waals surface area contributed by atoms with E-state index >= 15 is 0 Å². The van der Waals surface area contributed by atoms with Gasteiger partial charge in [0.2, 0.25) is 0 Å². The quantitative estimate of drug-likeness (QED) is 0.416. The molecule has 1 saturated carbocycles. The van der Waals surface area contributed by atoms with Gasteiger partial charge >= 0.3 is 0 Å². The number of ketones is 1. The minimum Gasteiger partial charge on any atom is -0.294 e. The second-order valence-electron chi connectivity index (χ2n) is 12.1. The van der Waals surface area contributed by atoms with Gasteiger partial charge in [-0.25, -0.2) is 0 Å². The summed E-state index contributed by atoms with van der Waals surface area (Å²) in [6.45, 7) is 18.5. The summed E-state index contributed by atoms with van der Waals surface area (Å²) in [4.78, 5) is 13.2. The molecule has 0 aromatic rings. The van der Waals surface area contributed by atoms with Crippen LogP contribution in [-0.4, -0.2) is 5.78 Å². The van der Waals surface area contributed by atoms with Gasteiger partial charge in [0.25, 0.3) is 0 Å². The van der Waals surface area contributed by atoms with Gasteiger partial charge in [0, 0.05) is 22.8 Å². The van der Waals surface area contributed by atoms with E-state index in [4.69, 9.17) is 0 Å². The third kappa shape index (κ3) is 2.22. The molecular formula is C29H34O. The Labute approximate surface area is 181 Å². The maximum atomic E-state index is 13.2. The maximum absolute atomic E-state index is 13.2. The van der Waals surface area contributed by atoms with Crippen LogP contribution in [0.25, 0.3) is 0 Å². The smallest absolute Gasteiger partial charge is 0.163 e. The first kappa shape index (κ1) is 19.8. The first-order valence-electron chi connectivity index (χ1n) is 11.4. The molecule has 0 aromatic carbocycles. The predicted molar refractivity (Wildman–Crippen MR) is 125 cm³/mol. The van der Waals surface area contributed by atoms with Gasteiger partial charge in [-0.05, 0) is 56.3 Å². The van der Waals surface area contributed by atoms with E-state index < -0.39 is 0 Å². The van der Waals surface area contributed by atoms with Crippen LogP contribution in [0.1, 0.15) is 68.2 Å². The molecule has 0 heterocycles. The molecule has 5 rings (SSSR count). The molecule has 0 bridgehead atoms. The fourth-order valence-electron chi connectivity index (χ4n) is 6.16. The molecule has 2 atom stereocenters. The Morgan fingerprint density at radius 2 is 1.17 bits per heavy atom. The fraction of sp³-hybridized carbons (Fsp3) is 0.483. The average Bonchev–Trinajstić information content (AvgIpc) is 3.00. The van der Waals surface area contributed by atoms with Gasteiger partial charge in [0.05, 0.1) is 0 Å². The number of Topliss-reactive ketones (excluding diaryl/α,β-unsaturated/α-hetero) is 1. The van der Waals surface area contributed by atoms with Crippen molar-refractivity contribution in [2.45, 2.75) is 68.2 Å². The third-order valence-electron chi connectivity index (χ3n) is 8.41. The Morgan fingerprint density at radius 3 is 1.67 bits per heavy atom. The zero-order chi connectivity index (χ0) is 21.9. The molecule has 5 aliphatic carbocycles. The lowest BCUT2D eigenvalue weighted by atomic mass is 9.44. The number of hydrogen-bond acceptors (Lipinski definition) is 1. The number of allylic oxidation sites excluding steroid dienone is 14. The molecule has 30 heavy (non-hydrogen) atoms. The van der Waals surface area contributed by atoms with E-state index in [9.17, 15) is 4.79 Å². The summed E-state index contributed by atoms with van der Waals surface area (Å²) < 4.78 is 0. The van der Waals surface area contributed by atoms with Crippen molar-refractivity contribution in [1.82, 2.24) is 0 Å². The summed E-state index contributed by atoms with van der Waals surface area (Å²) in [7, 11) is 0. The van der Waals surface area contributed by atoms with Crippen LogP contribution in [0.2, 0.25) is 0 Å². The van der Waals surface area contributed by atoms with Gasteiger partial charge in [-0.15, -0.1) is 0 Å². The second kappa shape index (κ2) is 5.55. The molecule has 0 radical (unpaired) electrons. The van der Waals surface area contributed by atoms with E-state index in [0.29, 0.717) is 12.2 Å². The fourth-order valence-corrected chi connectivity index (χ4v) is 6.16. The third-order valence-corrected chi connectivity index (χ3v) is 8.41. The van der Waals surface area contributed by atoms with E-state index in [-0.39, 0.29) is 21.7 Å². The van der Waals surface area contributed by atoms with Crippen molar-refractivity contribution in [3.8, 4) is 0 Å². The van der Waals surface area contributed by atoms with Crippen LogP contribution in [0.3, 0.4) is 0 Å². The number of fused-ring (bicyclic) bond motifs is 1. The Bertz CT molecular complexity index is 1120. The van der Waals surface area contributed by atoms with Crippen LogP contribution in [0.15, 0.2) is 81.0 Å². The summed E-state index contributed by atoms with van der Waals surface area (Å²) in [5.74, 6) is 0.331. The lowest BCUT2D eigenvalue weighted by Gasteiger charge is -2.58. The van der Waals surface area contributed by atoms with Gasteiger partial charge in [-0.1, -0.05) is 91.8 Å². The summed E-state index contributed by atoms with van der Waals surface area (Å²) in [6, 6.07) is 0. The van der Waals surface area contributed by atoms with Crippen LogP contribution in [-0.2, 0) is 4.79 Å². The lowest BCUT2D eigenvalue weighted by molar-refractivity contribution is -0.114. The monoisotopic (exact) mass is 398 g/mol. The molecule has 1 heteroatoms. The summed E-state index contributed by atoms with van der Waals surface area (Å²) in [5, 5.41) is 0. The van der Waals surface area contributed by atoms with Gasteiger partial charge in [0.15, 0.2) is 5.78 Å². The van der Waals surface area contributed by atoms with Crippen molar-refractivity contribution in [3.05, 3.63) is 81.0 Å². The topological polar surface area (TPSA) is 17.1 Å². The van der Waals surface area contributed by atoms with Crippen LogP contribution in [0.5, 0.6) is 0 Å². The molecule has 0 aliphatic heterocycles. The van der Waals surface area contributed by atoms with Crippen molar-refractivity contribution in [1.29, 1.82) is 0 Å². The number of carbonyl (C=O) groups excluding carboxylic acids is 1. The maximum Gasteiger partial charge on any atom is 0.163 e. The number of hydrogen-bond donors (Lipinski definition) is 0. The Hall–Kier alpha value is -2.15. The van der Waals surface area contributed by atoms with Crippen LogP contribution in [0.4, 0.5) is 0 Å². The summed E-state index contributed by atoms with van der Waals surface area (Å²) in [6.07, 6.45) is 15.8. The first-order chi connectivity index (χ1) is 13.8. The second-order valence-corrected chi connectivity index (χ2v) is 12.1. The Kier molecular flexibility index (Phi) is 3.66. The predicted octanol–water partition coefficient (Wildman–Crippen LogP) is 7.36. The Balaban J connectivity index is 1.93. The van der Waals surface area contributed by atoms with Crippen molar-refractivity contribution >= 4 is 5.78 Å². The highest BCUT2D eigenvalue weighted by molar-refractivity contribution is 6.06. The lowest BCUT2D eigenvalue weighted by Crippen LogP contribution is -2.49. The van der Waals surface area contributed by atoms with Crippen molar-refractivity contribution in [2.24, 2.45) is 21.7 Å². The van der Waals surface area contributed by atoms with Gasteiger partial charge < -0.3 is 0 Å². The molecule has 0 spiro atoms. The van der Waals surface area contributed by atoms with E-state index in [2.05, 4.69) is 91.8 Å². The average molecular weight is 399 g/mol. The molecule has 0 amide bonds. The van der Waals surface area contributed by atoms with E-state index in [1.807, 2.05) is 0 Å². The van der Waals surface area contributed by atoms with E-state index in [1.165, 1.54) is 39.0 Å². The van der Waals surface area contributed by atoms with Crippen LogP contribution >= 0.6 is 0 Å². The van der Waals surface area contributed by atoms with Crippen molar-refractivity contribution in [3.63, 3.8) is 0 Å². The molecule has 0 saturated heterocycles. The summed E-state index contributed by atoms with van der Waals surface area (Å²) >= 11 is 0. The highest BCUT2D eigenvalue weighted by Crippen LogP contribution is 2.69. The molecule has 0 N–H and O–H groups in total. The summed E-state index contributed by atoms with van der Waals surface area (Å²) in [5.41, 5.74) is 10.2. The normalized spacial score (nSPS) is 32.5. The minimum absolute atomic E-state index is 0.0461. The molecular weight excluding hydrogens is 364 g/mol. The molecule has 0 aromatic heterocycles. The van der Waals surface area contributed by atoms with Crippen molar-refractivity contribution < 1.29 is 4.79 Å². The molecule has 0 unspecified atom stereocenters. The van der Waals surface area contributed by atoms with Crippen LogP contribution < -0.4 is 0 Å². The standard InChI is InChI=1S/C29H34O/c1-26(2,3)19-13-17-9-10-18-14-20(27(4,5)6)16-23-25-21(11-12-24(25)30)22(15-19)28(17,7)29(18,23)8/h9-10,13-16H,11-12H2,1-8H3/t28-,29-/m0/s1. The van der Waals surface area contributed by atoms with Gasteiger partial charge in [0.1, 0.15) is 0 Å². The van der Waals surface area contributed by atoms with Gasteiger partial charge in [-0.3, -0.25) is 4.79 Å². The van der Waals surface area contributed by atoms with E-state index in [0.717, 1.165) is 12.0 Å². The largest absolute Gasteiger partial charge is 0.294 e. The van der Waals surface area contributed by atoms with Gasteiger partial charge in [-0.2, -0.15) is 0 Å². The molecule has 156 valence electrons. The minimum atomic E-state index is -0.212. The molecule has 5 aliphatic rings. The Morgan fingerprint density at radius 1 is 0.700 bits per heavy atom. The first-order valence-corrected chi connectivity index (χ1v) is 11.4. The van der Waals surface area contributed by atoms with Crippen LogP contribution in [0, 0.1) is 21.7 Å². The molecule has 1 fully saturated rings. The zero-order valence-corrected chi connectivity index (χ0v) is 19.8. The zero-order valence-electron chi connectivity index (χ0n) is 19.8. The molecule has 1 nitrogen and oxygen atoms in total. The van der Waals surface area contributed by atoms with E-state index in [1.54, 1.807) is 0 Å². The highest BCUT2D eigenvalue weighted by Gasteiger charge is 2.60. The van der Waals surface area contributed by atoms with Crippen molar-refractivity contribution in [2.75, 3.05) is 0 Å². The highest BCUT2D eigenvalue weighted by atomic mass is 16.1. The number of carbonyl (C=O) groups is 1.